The lowest BCUT2D eigenvalue weighted by Crippen LogP contribution is -2.61. The van der Waals surface area contributed by atoms with Crippen LogP contribution < -0.4 is 5.32 Å². The molecule has 2 N–H and O–H groups in total. The van der Waals surface area contributed by atoms with Crippen molar-refractivity contribution in [1.29, 1.82) is 0 Å². The molecule has 19 heavy (non-hydrogen) atoms. The number of aliphatic carboxylic acids is 1. The van der Waals surface area contributed by atoms with Crippen LogP contribution in [0.4, 0.5) is 0 Å². The van der Waals surface area contributed by atoms with Crippen LogP contribution in [0.5, 0.6) is 0 Å². The van der Waals surface area contributed by atoms with Crippen LogP contribution >= 0.6 is 0 Å². The Morgan fingerprint density at radius 3 is 2.47 bits per heavy atom. The summed E-state index contributed by atoms with van der Waals surface area (Å²) in [5.41, 5.74) is 0.314. The number of carboxylic acids is 1. The minimum Gasteiger partial charge on any atom is -0.480 e. The molecule has 1 aromatic rings. The molecule has 0 amide bonds. The van der Waals surface area contributed by atoms with Crippen LogP contribution in [0.15, 0.2) is 30.3 Å². The van der Waals surface area contributed by atoms with E-state index in [0.717, 1.165) is 31.7 Å². The first-order valence-electron chi connectivity index (χ1n) is 6.92. The van der Waals surface area contributed by atoms with Gasteiger partial charge < -0.3 is 10.4 Å². The summed E-state index contributed by atoms with van der Waals surface area (Å²) in [4.78, 5) is 14.0. The molecule has 1 atom stereocenters. The molecule has 1 aromatic carbocycles. The molecule has 4 heteroatoms. The average Bonchev–Trinajstić information content (AvgIpc) is 2.46. The zero-order chi connectivity index (χ0) is 13.7. The van der Waals surface area contributed by atoms with Crippen LogP contribution in [0.1, 0.15) is 18.9 Å². The molecular formula is C15H22N2O2. The summed E-state index contributed by atoms with van der Waals surface area (Å²) in [5.74, 6) is -0.708. The quantitative estimate of drug-likeness (QED) is 0.841. The lowest BCUT2D eigenvalue weighted by Gasteiger charge is -2.42. The van der Waals surface area contributed by atoms with Gasteiger partial charge in [0, 0.05) is 32.6 Å². The smallest absolute Gasteiger partial charge is 0.324 e. The van der Waals surface area contributed by atoms with Gasteiger partial charge in [-0.25, -0.2) is 0 Å². The maximum Gasteiger partial charge on any atom is 0.324 e. The van der Waals surface area contributed by atoms with E-state index in [4.69, 9.17) is 0 Å². The second kappa shape index (κ2) is 6.17. The van der Waals surface area contributed by atoms with Crippen LogP contribution in [-0.4, -0.2) is 47.7 Å². The first-order valence-corrected chi connectivity index (χ1v) is 6.92. The SMILES string of the molecule is CCC(Cc1ccccc1)(C(=O)O)N1CCNCC1. The van der Waals surface area contributed by atoms with Gasteiger partial charge >= 0.3 is 5.97 Å². The Morgan fingerprint density at radius 2 is 1.95 bits per heavy atom. The van der Waals surface area contributed by atoms with Gasteiger partial charge in [0.25, 0.3) is 0 Å². The topological polar surface area (TPSA) is 52.6 Å². The predicted octanol–water partition coefficient (Wildman–Crippen LogP) is 1.37. The predicted molar refractivity (Wildman–Crippen MR) is 75.2 cm³/mol. The Balaban J connectivity index is 2.25. The Kier molecular flexibility index (Phi) is 4.56. The summed E-state index contributed by atoms with van der Waals surface area (Å²) in [5, 5.41) is 13.1. The highest BCUT2D eigenvalue weighted by Gasteiger charge is 2.42. The summed E-state index contributed by atoms with van der Waals surface area (Å²) in [6, 6.07) is 9.92. The van der Waals surface area contributed by atoms with Crippen molar-refractivity contribution in [2.45, 2.75) is 25.3 Å². The van der Waals surface area contributed by atoms with Crippen molar-refractivity contribution in [2.75, 3.05) is 26.2 Å². The number of rotatable bonds is 5. The zero-order valence-corrected chi connectivity index (χ0v) is 11.4. The standard InChI is InChI=1S/C15H22N2O2/c1-2-15(14(18)19,17-10-8-16-9-11-17)12-13-6-4-3-5-7-13/h3-7,16H,2,8-12H2,1H3,(H,18,19). The van der Waals surface area contributed by atoms with E-state index >= 15 is 0 Å². The Morgan fingerprint density at radius 1 is 1.32 bits per heavy atom. The van der Waals surface area contributed by atoms with E-state index < -0.39 is 11.5 Å². The third kappa shape index (κ3) is 2.96. The third-order valence-corrected chi connectivity index (χ3v) is 4.04. The Labute approximate surface area is 114 Å². The molecule has 1 aliphatic rings. The van der Waals surface area contributed by atoms with E-state index in [1.54, 1.807) is 0 Å². The first kappa shape index (κ1) is 14.0. The van der Waals surface area contributed by atoms with E-state index in [2.05, 4.69) is 10.2 Å². The number of nitrogens with zero attached hydrogens (tertiary/aromatic N) is 1. The molecule has 1 unspecified atom stereocenters. The van der Waals surface area contributed by atoms with Crippen LogP contribution in [0.2, 0.25) is 0 Å². The second-order valence-electron chi connectivity index (χ2n) is 5.09. The molecule has 2 rings (SSSR count). The molecule has 0 bridgehead atoms. The van der Waals surface area contributed by atoms with E-state index in [-0.39, 0.29) is 0 Å². The van der Waals surface area contributed by atoms with Crippen molar-refractivity contribution >= 4 is 5.97 Å². The number of hydrogen-bond acceptors (Lipinski definition) is 3. The molecule has 0 radical (unpaired) electrons. The third-order valence-electron chi connectivity index (χ3n) is 4.04. The van der Waals surface area contributed by atoms with Crippen LogP contribution in [0, 0.1) is 0 Å². The van der Waals surface area contributed by atoms with Gasteiger partial charge in [-0.2, -0.15) is 0 Å². The second-order valence-corrected chi connectivity index (χ2v) is 5.09. The van der Waals surface area contributed by atoms with Crippen molar-refractivity contribution in [3.63, 3.8) is 0 Å². The van der Waals surface area contributed by atoms with E-state index in [0.29, 0.717) is 12.8 Å². The monoisotopic (exact) mass is 262 g/mol. The molecule has 0 spiro atoms. The van der Waals surface area contributed by atoms with Gasteiger partial charge in [0.15, 0.2) is 0 Å². The normalized spacial score (nSPS) is 19.8. The average molecular weight is 262 g/mol. The number of hydrogen-bond donors (Lipinski definition) is 2. The minimum absolute atomic E-state index is 0.569. The van der Waals surface area contributed by atoms with E-state index in [9.17, 15) is 9.90 Å². The van der Waals surface area contributed by atoms with Gasteiger partial charge in [-0.3, -0.25) is 9.69 Å². The summed E-state index contributed by atoms with van der Waals surface area (Å²) in [6.07, 6.45) is 1.19. The number of carboxylic acid groups (broad SMARTS) is 1. The van der Waals surface area contributed by atoms with Crippen LogP contribution in [0.25, 0.3) is 0 Å². The van der Waals surface area contributed by atoms with Crippen molar-refractivity contribution < 1.29 is 9.90 Å². The number of nitrogens with one attached hydrogen (secondary N) is 1. The van der Waals surface area contributed by atoms with E-state index in [1.165, 1.54) is 0 Å². The number of piperazine rings is 1. The first-order chi connectivity index (χ1) is 9.19. The fourth-order valence-electron chi connectivity index (χ4n) is 2.85. The van der Waals surface area contributed by atoms with Crippen LogP contribution in [0.3, 0.4) is 0 Å². The fourth-order valence-corrected chi connectivity index (χ4v) is 2.85. The molecule has 1 saturated heterocycles. The maximum atomic E-state index is 11.9. The fraction of sp³-hybridized carbons (Fsp3) is 0.533. The van der Waals surface area contributed by atoms with Gasteiger partial charge in [-0.05, 0) is 12.0 Å². The summed E-state index contributed by atoms with van der Waals surface area (Å²) >= 11 is 0. The molecule has 4 nitrogen and oxygen atoms in total. The van der Waals surface area contributed by atoms with E-state index in [1.807, 2.05) is 37.3 Å². The van der Waals surface area contributed by atoms with Gasteiger partial charge in [-0.15, -0.1) is 0 Å². The maximum absolute atomic E-state index is 11.9. The molecule has 1 aliphatic heterocycles. The van der Waals surface area contributed by atoms with Gasteiger partial charge in [0.05, 0.1) is 0 Å². The zero-order valence-electron chi connectivity index (χ0n) is 11.4. The highest BCUT2D eigenvalue weighted by atomic mass is 16.4. The van der Waals surface area contributed by atoms with Crippen LogP contribution in [-0.2, 0) is 11.2 Å². The molecule has 1 fully saturated rings. The molecule has 0 aliphatic carbocycles. The highest BCUT2D eigenvalue weighted by molar-refractivity contribution is 5.79. The Hall–Kier alpha value is -1.39. The molecule has 1 heterocycles. The molecule has 104 valence electrons. The van der Waals surface area contributed by atoms with Gasteiger partial charge in [-0.1, -0.05) is 37.3 Å². The van der Waals surface area contributed by atoms with Crippen molar-refractivity contribution in [3.05, 3.63) is 35.9 Å². The van der Waals surface area contributed by atoms with Crippen molar-refractivity contribution in [1.82, 2.24) is 10.2 Å². The molecule has 0 aromatic heterocycles. The Bertz CT molecular complexity index is 415. The molecule has 0 saturated carbocycles. The summed E-state index contributed by atoms with van der Waals surface area (Å²) in [7, 11) is 0. The summed E-state index contributed by atoms with van der Waals surface area (Å²) in [6.45, 7) is 5.30. The van der Waals surface area contributed by atoms with Crippen molar-refractivity contribution in [3.8, 4) is 0 Å². The highest BCUT2D eigenvalue weighted by Crippen LogP contribution is 2.26. The minimum atomic E-state index is -0.774. The summed E-state index contributed by atoms with van der Waals surface area (Å²) < 4.78 is 0. The largest absolute Gasteiger partial charge is 0.480 e. The molecular weight excluding hydrogens is 240 g/mol. The number of carbonyl (C=O) groups is 1. The lowest BCUT2D eigenvalue weighted by molar-refractivity contribution is -0.152. The lowest BCUT2D eigenvalue weighted by atomic mass is 9.85. The van der Waals surface area contributed by atoms with Gasteiger partial charge in [0.2, 0.25) is 0 Å². The number of benzene rings is 1. The van der Waals surface area contributed by atoms with Crippen molar-refractivity contribution in [2.24, 2.45) is 0 Å². The van der Waals surface area contributed by atoms with Gasteiger partial charge in [0.1, 0.15) is 5.54 Å².